The minimum atomic E-state index is 0.117. The van der Waals surface area contributed by atoms with E-state index in [0.717, 1.165) is 44.5 Å². The topological polar surface area (TPSA) is 38.7 Å². The monoisotopic (exact) mass is 675 g/mol. The van der Waals surface area contributed by atoms with Gasteiger partial charge in [0.15, 0.2) is 17.5 Å². The van der Waals surface area contributed by atoms with E-state index in [1.165, 1.54) is 22.3 Å². The Morgan fingerprint density at radius 2 is 0.538 bits per heavy atom. The van der Waals surface area contributed by atoms with Gasteiger partial charge in [-0.15, -0.1) is 0 Å². The lowest BCUT2D eigenvalue weighted by Gasteiger charge is -2.19. The fourth-order valence-electron chi connectivity index (χ4n) is 6.34. The first-order valence-electron chi connectivity index (χ1n) is 18.0. The molecule has 0 atom stereocenters. The second kappa shape index (κ2) is 14.0. The molecular weight excluding hydrogens is 631 g/mol. The molecule has 256 valence electrons. The van der Waals surface area contributed by atoms with E-state index in [4.69, 9.17) is 15.0 Å². The van der Waals surface area contributed by atoms with Crippen LogP contribution in [0.3, 0.4) is 0 Å². The summed E-state index contributed by atoms with van der Waals surface area (Å²) >= 11 is 0. The second-order valence-electron chi connectivity index (χ2n) is 15.5. The van der Waals surface area contributed by atoms with Gasteiger partial charge in [-0.05, 0) is 60.9 Å². The van der Waals surface area contributed by atoms with Gasteiger partial charge in [-0.3, -0.25) is 0 Å². The summed E-state index contributed by atoms with van der Waals surface area (Å²) < 4.78 is 0. The van der Waals surface area contributed by atoms with Crippen molar-refractivity contribution in [3.63, 3.8) is 0 Å². The van der Waals surface area contributed by atoms with Crippen LogP contribution in [-0.4, -0.2) is 15.0 Å². The summed E-state index contributed by atoms with van der Waals surface area (Å²) in [6.07, 6.45) is 1.86. The van der Waals surface area contributed by atoms with E-state index >= 15 is 0 Å². The molecule has 0 aliphatic heterocycles. The SMILES string of the molecule is C=Cc1ccc(-c2ccc(-c3nc(-c4ccc(-c5ccc(C(C)(C)C)cc5)cc4)nc(-c4ccc(-c5ccc(C(C)(C)C)cc5)cc4)n3)cc2)cc1. The molecule has 1 heterocycles. The first kappa shape index (κ1) is 34.5. The summed E-state index contributed by atoms with van der Waals surface area (Å²) in [4.78, 5) is 15.1. The van der Waals surface area contributed by atoms with Gasteiger partial charge >= 0.3 is 0 Å². The fraction of sp³-hybridized carbons (Fsp3) is 0.163. The van der Waals surface area contributed by atoms with Crippen molar-refractivity contribution in [2.45, 2.75) is 52.4 Å². The quantitative estimate of drug-likeness (QED) is 0.169. The largest absolute Gasteiger partial charge is 0.208 e. The summed E-state index contributed by atoms with van der Waals surface area (Å²) in [6, 6.07) is 51.6. The van der Waals surface area contributed by atoms with Gasteiger partial charge in [-0.25, -0.2) is 15.0 Å². The molecule has 0 amide bonds. The summed E-state index contributed by atoms with van der Waals surface area (Å²) in [5.74, 6) is 1.92. The lowest BCUT2D eigenvalue weighted by Crippen LogP contribution is -2.10. The molecule has 0 bridgehead atoms. The highest BCUT2D eigenvalue weighted by molar-refractivity contribution is 5.74. The Morgan fingerprint density at radius 1 is 0.327 bits per heavy atom. The second-order valence-corrected chi connectivity index (χ2v) is 15.5. The maximum absolute atomic E-state index is 5.03. The summed E-state index contributed by atoms with van der Waals surface area (Å²) in [6.45, 7) is 17.3. The summed E-state index contributed by atoms with van der Waals surface area (Å²) in [7, 11) is 0. The number of benzene rings is 6. The van der Waals surface area contributed by atoms with E-state index < -0.39 is 0 Å². The third kappa shape index (κ3) is 7.55. The van der Waals surface area contributed by atoms with Gasteiger partial charge in [0.1, 0.15) is 0 Å². The van der Waals surface area contributed by atoms with E-state index in [1.807, 2.05) is 6.08 Å². The smallest absolute Gasteiger partial charge is 0.164 e. The number of nitrogens with zero attached hydrogens (tertiary/aromatic N) is 3. The molecule has 3 nitrogen and oxygen atoms in total. The third-order valence-corrected chi connectivity index (χ3v) is 9.71. The van der Waals surface area contributed by atoms with E-state index in [1.54, 1.807) is 0 Å². The summed E-state index contributed by atoms with van der Waals surface area (Å²) in [5, 5.41) is 0. The Labute approximate surface area is 308 Å². The molecule has 3 heteroatoms. The minimum absolute atomic E-state index is 0.117. The Kier molecular flexibility index (Phi) is 9.29. The van der Waals surface area contributed by atoms with E-state index in [2.05, 4.69) is 194 Å². The standard InChI is InChI=1S/C49H45N3/c1-8-33-9-11-34(12-10-33)35-13-19-40(20-14-35)45-50-46(41-21-15-36(16-22-41)38-25-29-43(30-26-38)48(2,3)4)52-47(51-45)42-23-17-37(18-24-42)39-27-31-44(32-28-39)49(5,6)7/h8-32H,1H2,2-7H3. The number of hydrogen-bond donors (Lipinski definition) is 0. The Hall–Kier alpha value is -5.93. The molecule has 0 aliphatic carbocycles. The van der Waals surface area contributed by atoms with Crippen LogP contribution in [0.1, 0.15) is 58.2 Å². The number of rotatable bonds is 7. The van der Waals surface area contributed by atoms with Gasteiger partial charge < -0.3 is 0 Å². The highest BCUT2D eigenvalue weighted by atomic mass is 15.0. The van der Waals surface area contributed by atoms with Crippen LogP contribution in [0.4, 0.5) is 0 Å². The van der Waals surface area contributed by atoms with Crippen molar-refractivity contribution in [3.05, 3.63) is 169 Å². The predicted molar refractivity (Wildman–Crippen MR) is 220 cm³/mol. The van der Waals surface area contributed by atoms with Crippen LogP contribution in [0.15, 0.2) is 152 Å². The van der Waals surface area contributed by atoms with Crippen LogP contribution in [0.25, 0.3) is 73.6 Å². The van der Waals surface area contributed by atoms with Gasteiger partial charge in [0.2, 0.25) is 0 Å². The highest BCUT2D eigenvalue weighted by Crippen LogP contribution is 2.32. The molecule has 0 radical (unpaired) electrons. The van der Waals surface area contributed by atoms with Crippen molar-refractivity contribution in [3.8, 4) is 67.5 Å². The van der Waals surface area contributed by atoms with E-state index in [-0.39, 0.29) is 10.8 Å². The Balaban J connectivity index is 1.24. The molecule has 1 aromatic heterocycles. The molecule has 0 spiro atoms. The Morgan fingerprint density at radius 3 is 0.769 bits per heavy atom. The third-order valence-electron chi connectivity index (χ3n) is 9.71. The molecule has 0 N–H and O–H groups in total. The van der Waals surface area contributed by atoms with Crippen molar-refractivity contribution in [2.24, 2.45) is 0 Å². The van der Waals surface area contributed by atoms with Gasteiger partial charge in [-0.2, -0.15) is 0 Å². The zero-order chi connectivity index (χ0) is 36.5. The first-order valence-corrected chi connectivity index (χ1v) is 18.0. The van der Waals surface area contributed by atoms with Crippen molar-refractivity contribution in [2.75, 3.05) is 0 Å². The van der Waals surface area contributed by atoms with Crippen molar-refractivity contribution >= 4 is 6.08 Å². The Bertz CT molecular complexity index is 2180. The molecular formula is C49H45N3. The molecule has 7 aromatic rings. The van der Waals surface area contributed by atoms with Crippen LogP contribution in [0, 0.1) is 0 Å². The molecule has 0 unspecified atom stereocenters. The fourth-order valence-corrected chi connectivity index (χ4v) is 6.34. The molecule has 0 fully saturated rings. The van der Waals surface area contributed by atoms with Gasteiger partial charge in [0, 0.05) is 16.7 Å². The maximum atomic E-state index is 5.03. The lowest BCUT2D eigenvalue weighted by atomic mass is 9.86. The zero-order valence-corrected chi connectivity index (χ0v) is 31.0. The highest BCUT2D eigenvalue weighted by Gasteiger charge is 2.16. The average molecular weight is 676 g/mol. The first-order chi connectivity index (χ1) is 24.9. The molecule has 0 saturated carbocycles. The lowest BCUT2D eigenvalue weighted by molar-refractivity contribution is 0.590. The van der Waals surface area contributed by atoms with Crippen LogP contribution in [-0.2, 0) is 10.8 Å². The predicted octanol–water partition coefficient (Wildman–Crippen LogP) is 13.1. The van der Waals surface area contributed by atoms with Gasteiger partial charge in [0.05, 0.1) is 0 Å². The van der Waals surface area contributed by atoms with Crippen LogP contribution in [0.2, 0.25) is 0 Å². The van der Waals surface area contributed by atoms with Crippen LogP contribution >= 0.6 is 0 Å². The van der Waals surface area contributed by atoms with Crippen LogP contribution in [0.5, 0.6) is 0 Å². The van der Waals surface area contributed by atoms with Gasteiger partial charge in [-0.1, -0.05) is 200 Å². The molecule has 7 rings (SSSR count). The maximum Gasteiger partial charge on any atom is 0.164 e. The van der Waals surface area contributed by atoms with Crippen molar-refractivity contribution in [1.29, 1.82) is 0 Å². The minimum Gasteiger partial charge on any atom is -0.208 e. The van der Waals surface area contributed by atoms with Gasteiger partial charge in [0.25, 0.3) is 0 Å². The number of hydrogen-bond acceptors (Lipinski definition) is 3. The zero-order valence-electron chi connectivity index (χ0n) is 31.0. The summed E-state index contributed by atoms with van der Waals surface area (Å²) in [5.41, 5.74) is 13.7. The normalized spacial score (nSPS) is 11.7. The van der Waals surface area contributed by atoms with Crippen LogP contribution < -0.4 is 0 Å². The van der Waals surface area contributed by atoms with E-state index in [0.29, 0.717) is 17.5 Å². The average Bonchev–Trinajstić information content (AvgIpc) is 3.17. The number of aromatic nitrogens is 3. The molecule has 0 saturated heterocycles. The molecule has 6 aromatic carbocycles. The molecule has 52 heavy (non-hydrogen) atoms. The van der Waals surface area contributed by atoms with E-state index in [9.17, 15) is 0 Å². The van der Waals surface area contributed by atoms with Crippen molar-refractivity contribution in [1.82, 2.24) is 15.0 Å². The van der Waals surface area contributed by atoms with Crippen molar-refractivity contribution < 1.29 is 0 Å². The molecule has 0 aliphatic rings.